The van der Waals surface area contributed by atoms with Crippen LogP contribution in [0.5, 0.6) is 0 Å². The molecule has 0 unspecified atom stereocenters. The number of hydrogen-bond donors (Lipinski definition) is 1. The molecular formula is C14H14N4O. The molecule has 0 saturated heterocycles. The summed E-state index contributed by atoms with van der Waals surface area (Å²) in [4.78, 5) is 12.7. The summed E-state index contributed by atoms with van der Waals surface area (Å²) in [5.41, 5.74) is 3.58. The van der Waals surface area contributed by atoms with E-state index in [2.05, 4.69) is 34.1 Å². The number of rotatable bonds is 3. The second-order valence-electron chi connectivity index (χ2n) is 4.63. The van der Waals surface area contributed by atoms with Crippen molar-refractivity contribution in [2.24, 2.45) is 0 Å². The van der Waals surface area contributed by atoms with Gasteiger partial charge in [-0.15, -0.1) is 0 Å². The summed E-state index contributed by atoms with van der Waals surface area (Å²) in [7, 11) is 0. The van der Waals surface area contributed by atoms with Crippen LogP contribution in [0, 0.1) is 0 Å². The Balaban J connectivity index is 1.92. The number of nitrogens with zero attached hydrogens (tertiary/aromatic N) is 3. The Morgan fingerprint density at radius 1 is 1.05 bits per heavy atom. The topological polar surface area (TPSA) is 63.8 Å². The first-order chi connectivity index (χ1) is 9.22. The summed E-state index contributed by atoms with van der Waals surface area (Å²) in [5.74, 6) is 0.638. The van der Waals surface area contributed by atoms with E-state index < -0.39 is 0 Å². The van der Waals surface area contributed by atoms with E-state index in [1.165, 1.54) is 6.39 Å². The van der Waals surface area contributed by atoms with Crippen LogP contribution in [0.2, 0.25) is 0 Å². The first-order valence-electron chi connectivity index (χ1n) is 6.14. The van der Waals surface area contributed by atoms with E-state index in [0.29, 0.717) is 12.0 Å². The maximum atomic E-state index is 5.29. The van der Waals surface area contributed by atoms with Gasteiger partial charge < -0.3 is 9.73 Å². The van der Waals surface area contributed by atoms with Crippen molar-refractivity contribution in [2.45, 2.75) is 19.9 Å². The van der Waals surface area contributed by atoms with Crippen LogP contribution in [0.3, 0.4) is 0 Å². The van der Waals surface area contributed by atoms with Gasteiger partial charge in [-0.25, -0.2) is 15.0 Å². The minimum atomic E-state index is 0.316. The third-order valence-corrected chi connectivity index (χ3v) is 2.73. The van der Waals surface area contributed by atoms with Crippen molar-refractivity contribution in [3.05, 3.63) is 37.0 Å². The van der Waals surface area contributed by atoms with Gasteiger partial charge in [0.15, 0.2) is 12.0 Å². The number of oxazole rings is 1. The molecule has 0 aliphatic rings. The van der Waals surface area contributed by atoms with Gasteiger partial charge in [0.2, 0.25) is 5.95 Å². The molecule has 1 N–H and O–H groups in total. The average molecular weight is 254 g/mol. The molecule has 2 aromatic heterocycles. The molecule has 96 valence electrons. The smallest absolute Gasteiger partial charge is 0.222 e. The van der Waals surface area contributed by atoms with E-state index in [9.17, 15) is 0 Å². The van der Waals surface area contributed by atoms with E-state index in [1.54, 1.807) is 12.4 Å². The van der Waals surface area contributed by atoms with Crippen LogP contribution in [0.25, 0.3) is 22.2 Å². The fraction of sp³-hybridized carbons (Fsp3) is 0.214. The first-order valence-corrected chi connectivity index (χ1v) is 6.14. The highest BCUT2D eigenvalue weighted by molar-refractivity contribution is 5.79. The largest absolute Gasteiger partial charge is 0.443 e. The molecule has 0 bridgehead atoms. The molecule has 19 heavy (non-hydrogen) atoms. The number of benzene rings is 1. The first kappa shape index (κ1) is 11.6. The van der Waals surface area contributed by atoms with Gasteiger partial charge in [-0.05, 0) is 31.5 Å². The van der Waals surface area contributed by atoms with E-state index in [4.69, 9.17) is 4.42 Å². The standard InChI is InChI=1S/C14H14N4O/c1-9(2)18-14-15-6-11(7-16-14)10-3-4-12-13(5-10)19-8-17-12/h3-9H,1-2H3,(H,15,16,18). The van der Waals surface area contributed by atoms with Gasteiger partial charge in [0.1, 0.15) is 5.52 Å². The van der Waals surface area contributed by atoms with Crippen molar-refractivity contribution in [3.63, 3.8) is 0 Å². The predicted octanol–water partition coefficient (Wildman–Crippen LogP) is 3.11. The highest BCUT2D eigenvalue weighted by Gasteiger charge is 2.04. The molecule has 3 rings (SSSR count). The van der Waals surface area contributed by atoms with Gasteiger partial charge in [-0.1, -0.05) is 6.07 Å². The SMILES string of the molecule is CC(C)Nc1ncc(-c2ccc3ncoc3c2)cn1. The fourth-order valence-corrected chi connectivity index (χ4v) is 1.84. The third-order valence-electron chi connectivity index (χ3n) is 2.73. The molecule has 0 fully saturated rings. The number of fused-ring (bicyclic) bond motifs is 1. The van der Waals surface area contributed by atoms with Crippen LogP contribution in [0.4, 0.5) is 5.95 Å². The Morgan fingerprint density at radius 3 is 2.58 bits per heavy atom. The van der Waals surface area contributed by atoms with Crippen LogP contribution in [0.15, 0.2) is 41.4 Å². The second kappa shape index (κ2) is 4.68. The molecule has 0 radical (unpaired) electrons. The minimum Gasteiger partial charge on any atom is -0.443 e. The number of nitrogens with one attached hydrogen (secondary N) is 1. The van der Waals surface area contributed by atoms with E-state index in [-0.39, 0.29) is 0 Å². The number of hydrogen-bond acceptors (Lipinski definition) is 5. The van der Waals surface area contributed by atoms with Gasteiger partial charge in [-0.3, -0.25) is 0 Å². The van der Waals surface area contributed by atoms with Gasteiger partial charge >= 0.3 is 0 Å². The van der Waals surface area contributed by atoms with Crippen LogP contribution in [-0.2, 0) is 0 Å². The van der Waals surface area contributed by atoms with Gasteiger partial charge in [-0.2, -0.15) is 0 Å². The summed E-state index contributed by atoms with van der Waals surface area (Å²) in [5, 5.41) is 3.16. The molecule has 0 aliphatic heterocycles. The van der Waals surface area contributed by atoms with Gasteiger partial charge in [0, 0.05) is 24.0 Å². The molecule has 0 aliphatic carbocycles. The lowest BCUT2D eigenvalue weighted by molar-refractivity contribution is 0.602. The second-order valence-corrected chi connectivity index (χ2v) is 4.63. The highest BCUT2D eigenvalue weighted by atomic mass is 16.3. The van der Waals surface area contributed by atoms with Crippen molar-refractivity contribution < 1.29 is 4.42 Å². The Bertz CT molecular complexity index is 688. The number of aromatic nitrogens is 3. The average Bonchev–Trinajstić information content (AvgIpc) is 2.86. The summed E-state index contributed by atoms with van der Waals surface area (Å²) in [6, 6.07) is 6.17. The van der Waals surface area contributed by atoms with Crippen molar-refractivity contribution in [2.75, 3.05) is 5.32 Å². The Kier molecular flexibility index (Phi) is 2.87. The van der Waals surface area contributed by atoms with E-state index in [1.807, 2.05) is 18.2 Å². The monoisotopic (exact) mass is 254 g/mol. The quantitative estimate of drug-likeness (QED) is 0.778. The molecule has 5 nitrogen and oxygen atoms in total. The zero-order chi connectivity index (χ0) is 13.2. The Labute approximate surface area is 110 Å². The molecule has 0 spiro atoms. The molecule has 0 saturated carbocycles. The lowest BCUT2D eigenvalue weighted by Crippen LogP contribution is -2.12. The highest BCUT2D eigenvalue weighted by Crippen LogP contribution is 2.23. The molecule has 2 heterocycles. The van der Waals surface area contributed by atoms with E-state index >= 15 is 0 Å². The molecular weight excluding hydrogens is 240 g/mol. The third kappa shape index (κ3) is 2.40. The number of anilines is 1. The molecule has 5 heteroatoms. The summed E-state index contributed by atoms with van der Waals surface area (Å²) in [6.07, 6.45) is 5.05. The zero-order valence-corrected chi connectivity index (χ0v) is 10.8. The molecule has 3 aromatic rings. The summed E-state index contributed by atoms with van der Waals surface area (Å²) < 4.78 is 5.29. The summed E-state index contributed by atoms with van der Waals surface area (Å²) in [6.45, 7) is 4.10. The summed E-state index contributed by atoms with van der Waals surface area (Å²) >= 11 is 0. The zero-order valence-electron chi connectivity index (χ0n) is 10.8. The van der Waals surface area contributed by atoms with Gasteiger partial charge in [0.25, 0.3) is 0 Å². The Morgan fingerprint density at radius 2 is 1.84 bits per heavy atom. The predicted molar refractivity (Wildman–Crippen MR) is 73.8 cm³/mol. The van der Waals surface area contributed by atoms with Crippen molar-refractivity contribution in [1.29, 1.82) is 0 Å². The van der Waals surface area contributed by atoms with Crippen molar-refractivity contribution in [1.82, 2.24) is 15.0 Å². The van der Waals surface area contributed by atoms with Crippen molar-refractivity contribution >= 4 is 17.0 Å². The fourth-order valence-electron chi connectivity index (χ4n) is 1.84. The van der Waals surface area contributed by atoms with Crippen LogP contribution in [-0.4, -0.2) is 21.0 Å². The van der Waals surface area contributed by atoms with Gasteiger partial charge in [0.05, 0.1) is 0 Å². The van der Waals surface area contributed by atoms with Crippen LogP contribution >= 0.6 is 0 Å². The molecule has 1 aromatic carbocycles. The molecule has 0 atom stereocenters. The maximum Gasteiger partial charge on any atom is 0.222 e. The normalized spacial score (nSPS) is 11.1. The van der Waals surface area contributed by atoms with E-state index in [0.717, 1.165) is 22.2 Å². The van der Waals surface area contributed by atoms with Crippen molar-refractivity contribution in [3.8, 4) is 11.1 Å². The molecule has 0 amide bonds. The van der Waals surface area contributed by atoms with Crippen LogP contribution in [0.1, 0.15) is 13.8 Å². The minimum absolute atomic E-state index is 0.316. The maximum absolute atomic E-state index is 5.29. The lowest BCUT2D eigenvalue weighted by Gasteiger charge is -2.08. The lowest BCUT2D eigenvalue weighted by atomic mass is 10.1. The Hall–Kier alpha value is -2.43. The van der Waals surface area contributed by atoms with Crippen LogP contribution < -0.4 is 5.32 Å².